The number of halogens is 3. The van der Waals surface area contributed by atoms with Crippen molar-refractivity contribution in [3.05, 3.63) is 61.1 Å². The average molecular weight is 418 g/mol. The first kappa shape index (κ1) is 15.9. The van der Waals surface area contributed by atoms with E-state index in [1.807, 2.05) is 0 Å². The van der Waals surface area contributed by atoms with Gasteiger partial charge in [-0.15, -0.1) is 0 Å². The zero-order chi connectivity index (χ0) is 15.4. The largest absolute Gasteiger partial charge is 0.326 e. The number of aromatic amines is 1. The van der Waals surface area contributed by atoms with Gasteiger partial charge in [0, 0.05) is 21.6 Å². The maximum absolute atomic E-state index is 13.6. The third-order valence-corrected chi connectivity index (χ3v) is 3.73. The van der Waals surface area contributed by atoms with Gasteiger partial charge in [0.2, 0.25) is 5.91 Å². The number of nitrogens with one attached hydrogen (secondary N) is 2. The van der Waals surface area contributed by atoms with E-state index in [9.17, 15) is 14.0 Å². The number of rotatable bonds is 4. The predicted octanol–water partition coefficient (Wildman–Crippen LogP) is 3.61. The molecule has 0 radical (unpaired) electrons. The summed E-state index contributed by atoms with van der Waals surface area (Å²) in [4.78, 5) is 25.8. The van der Waals surface area contributed by atoms with Gasteiger partial charge in [0.25, 0.3) is 5.56 Å². The number of anilines is 1. The van der Waals surface area contributed by atoms with Gasteiger partial charge in [0.05, 0.1) is 0 Å². The minimum Gasteiger partial charge on any atom is -0.326 e. The van der Waals surface area contributed by atoms with E-state index in [0.717, 1.165) is 0 Å². The van der Waals surface area contributed by atoms with Crippen LogP contribution in [-0.2, 0) is 11.2 Å². The summed E-state index contributed by atoms with van der Waals surface area (Å²) in [5.74, 6) is -0.710. The lowest BCUT2D eigenvalue weighted by Crippen LogP contribution is -2.19. The summed E-state index contributed by atoms with van der Waals surface area (Å²) in [7, 11) is 0. The molecule has 2 N–H and O–H groups in total. The van der Waals surface area contributed by atoms with Crippen molar-refractivity contribution in [3.8, 4) is 0 Å². The molecule has 0 fully saturated rings. The lowest BCUT2D eigenvalue weighted by atomic mass is 10.1. The molecule has 0 aliphatic rings. The van der Waals surface area contributed by atoms with Crippen molar-refractivity contribution in [2.75, 3.05) is 5.32 Å². The monoisotopic (exact) mass is 416 g/mol. The van der Waals surface area contributed by atoms with Crippen molar-refractivity contribution in [2.45, 2.75) is 12.8 Å². The van der Waals surface area contributed by atoms with Crippen molar-refractivity contribution in [1.29, 1.82) is 0 Å². The third-order valence-electron chi connectivity index (χ3n) is 2.78. The second-order valence-corrected chi connectivity index (χ2v) is 6.18. The van der Waals surface area contributed by atoms with Crippen LogP contribution in [-0.4, -0.2) is 10.9 Å². The van der Waals surface area contributed by atoms with Crippen LogP contribution in [0.15, 0.2) is 44.2 Å². The summed E-state index contributed by atoms with van der Waals surface area (Å²) in [6, 6.07) is 6.21. The second kappa shape index (κ2) is 7.00. The molecule has 1 heterocycles. The first-order valence-corrected chi connectivity index (χ1v) is 7.66. The molecule has 0 aliphatic heterocycles. The molecule has 4 nitrogen and oxygen atoms in total. The van der Waals surface area contributed by atoms with Crippen molar-refractivity contribution >= 4 is 43.5 Å². The number of hydrogen-bond donors (Lipinski definition) is 2. The maximum Gasteiger partial charge on any atom is 0.271 e. The van der Waals surface area contributed by atoms with Crippen LogP contribution in [0.2, 0.25) is 0 Å². The number of hydrogen-bond acceptors (Lipinski definition) is 2. The van der Waals surface area contributed by atoms with Gasteiger partial charge in [-0.3, -0.25) is 9.59 Å². The number of carbonyl (C=O) groups is 1. The van der Waals surface area contributed by atoms with Gasteiger partial charge in [-0.05, 0) is 46.1 Å². The molecule has 0 atom stereocenters. The summed E-state index contributed by atoms with van der Waals surface area (Å²) < 4.78 is 14.9. The fraction of sp³-hybridized carbons (Fsp3) is 0.143. The van der Waals surface area contributed by atoms with Gasteiger partial charge in [-0.1, -0.05) is 22.0 Å². The molecule has 0 saturated heterocycles. The van der Waals surface area contributed by atoms with Gasteiger partial charge in [-0.2, -0.15) is 0 Å². The highest BCUT2D eigenvalue weighted by atomic mass is 79.9. The minimum atomic E-state index is -0.388. The van der Waals surface area contributed by atoms with Crippen LogP contribution in [0.25, 0.3) is 0 Å². The molecule has 7 heteroatoms. The van der Waals surface area contributed by atoms with E-state index in [0.29, 0.717) is 14.5 Å². The van der Waals surface area contributed by atoms with Crippen LogP contribution in [0.3, 0.4) is 0 Å². The highest BCUT2D eigenvalue weighted by Crippen LogP contribution is 2.17. The van der Waals surface area contributed by atoms with E-state index >= 15 is 0 Å². The molecule has 21 heavy (non-hydrogen) atoms. The van der Waals surface area contributed by atoms with Crippen LogP contribution in [0.1, 0.15) is 12.0 Å². The lowest BCUT2D eigenvalue weighted by molar-refractivity contribution is -0.116. The molecule has 0 aliphatic carbocycles. The minimum absolute atomic E-state index is 0.0878. The molecular formula is C14H11Br2FN2O2. The fourth-order valence-electron chi connectivity index (χ4n) is 1.74. The Labute approximate surface area is 137 Å². The number of pyridine rings is 1. The Bertz CT molecular complexity index is 731. The summed E-state index contributed by atoms with van der Waals surface area (Å²) in [5, 5.41) is 2.51. The van der Waals surface area contributed by atoms with E-state index in [-0.39, 0.29) is 35.8 Å². The predicted molar refractivity (Wildman–Crippen MR) is 85.8 cm³/mol. The summed E-state index contributed by atoms with van der Waals surface area (Å²) >= 11 is 6.38. The van der Waals surface area contributed by atoms with E-state index < -0.39 is 0 Å². The number of benzene rings is 1. The number of H-pyrrole nitrogens is 1. The van der Waals surface area contributed by atoms with Gasteiger partial charge in [0.1, 0.15) is 11.5 Å². The molecule has 0 bridgehead atoms. The number of amides is 1. The molecule has 0 unspecified atom stereocenters. The molecule has 2 aromatic rings. The Morgan fingerprint density at radius 1 is 1.24 bits per heavy atom. The van der Waals surface area contributed by atoms with Crippen molar-refractivity contribution < 1.29 is 9.18 Å². The van der Waals surface area contributed by atoms with Crippen LogP contribution in [0, 0.1) is 5.82 Å². The number of aromatic nitrogens is 1. The standard InChI is InChI=1S/C14H11Br2FN2O2/c15-9-3-1-8(11(17)5-9)2-4-13(20)19-12-6-10(16)7-18-14(12)21/h1,3,5-7H,2,4H2,(H,18,21)(H,19,20). The van der Waals surface area contributed by atoms with Crippen molar-refractivity contribution in [2.24, 2.45) is 0 Å². The molecule has 110 valence electrons. The van der Waals surface area contributed by atoms with Gasteiger partial charge in [0.15, 0.2) is 0 Å². The zero-order valence-corrected chi connectivity index (χ0v) is 13.9. The molecule has 2 rings (SSSR count). The number of carbonyl (C=O) groups excluding carboxylic acids is 1. The Hall–Kier alpha value is -1.47. The second-order valence-electron chi connectivity index (χ2n) is 4.34. The summed E-state index contributed by atoms with van der Waals surface area (Å²) in [6.45, 7) is 0. The van der Waals surface area contributed by atoms with E-state index in [2.05, 4.69) is 42.2 Å². The Kier molecular flexibility index (Phi) is 5.30. The summed E-state index contributed by atoms with van der Waals surface area (Å²) in [6.07, 6.45) is 1.83. The van der Waals surface area contributed by atoms with Gasteiger partial charge < -0.3 is 10.3 Å². The van der Waals surface area contributed by atoms with Crippen molar-refractivity contribution in [1.82, 2.24) is 4.98 Å². The first-order chi connectivity index (χ1) is 9.95. The van der Waals surface area contributed by atoms with Gasteiger partial charge >= 0.3 is 0 Å². The molecule has 1 amide bonds. The lowest BCUT2D eigenvalue weighted by Gasteiger charge is -2.06. The molecule has 0 spiro atoms. The first-order valence-electron chi connectivity index (χ1n) is 6.08. The zero-order valence-electron chi connectivity index (χ0n) is 10.8. The molecule has 1 aromatic carbocycles. The number of aryl methyl sites for hydroxylation is 1. The average Bonchev–Trinajstić information content (AvgIpc) is 2.42. The SMILES string of the molecule is O=C(CCc1ccc(Br)cc1F)Nc1cc(Br)c[nH]c1=O. The highest BCUT2D eigenvalue weighted by molar-refractivity contribution is 9.10. The van der Waals surface area contributed by atoms with Crippen LogP contribution < -0.4 is 10.9 Å². The quantitative estimate of drug-likeness (QED) is 0.798. The third kappa shape index (κ3) is 4.50. The topological polar surface area (TPSA) is 62.0 Å². The van der Waals surface area contributed by atoms with E-state index in [1.54, 1.807) is 12.1 Å². The summed E-state index contributed by atoms with van der Waals surface area (Å²) in [5.41, 5.74) is 0.225. The molecule has 0 saturated carbocycles. The Balaban J connectivity index is 1.99. The fourth-order valence-corrected chi connectivity index (χ4v) is 2.41. The van der Waals surface area contributed by atoms with Gasteiger partial charge in [-0.25, -0.2) is 4.39 Å². The maximum atomic E-state index is 13.6. The van der Waals surface area contributed by atoms with Crippen LogP contribution in [0.4, 0.5) is 10.1 Å². The smallest absolute Gasteiger partial charge is 0.271 e. The normalized spacial score (nSPS) is 10.4. The Morgan fingerprint density at radius 2 is 2.00 bits per heavy atom. The highest BCUT2D eigenvalue weighted by Gasteiger charge is 2.09. The van der Waals surface area contributed by atoms with Crippen LogP contribution in [0.5, 0.6) is 0 Å². The molecule has 1 aromatic heterocycles. The Morgan fingerprint density at radius 3 is 2.71 bits per heavy atom. The van der Waals surface area contributed by atoms with E-state index in [4.69, 9.17) is 0 Å². The van der Waals surface area contributed by atoms with Crippen molar-refractivity contribution in [3.63, 3.8) is 0 Å². The molecular weight excluding hydrogens is 407 g/mol. The van der Waals surface area contributed by atoms with E-state index in [1.165, 1.54) is 18.3 Å². The van der Waals surface area contributed by atoms with Crippen LogP contribution >= 0.6 is 31.9 Å².